The SMILES string of the molecule is COc1ccc(Cl)cc1-c1ccc2c(c1)C(=O)N1CCN(C(=O)[C@@H](O)c3ccccc3)C[C@@H]1C(=O)N2. The molecule has 0 spiro atoms. The summed E-state index contributed by atoms with van der Waals surface area (Å²) in [5, 5.41) is 13.9. The molecule has 2 N–H and O–H groups in total. The molecule has 5 rings (SSSR count). The number of anilines is 1. The van der Waals surface area contributed by atoms with Gasteiger partial charge in [0.25, 0.3) is 11.8 Å². The molecule has 1 saturated heterocycles. The number of amides is 3. The first-order valence-electron chi connectivity index (χ1n) is 11.5. The Bertz CT molecular complexity index is 1350. The lowest BCUT2D eigenvalue weighted by Crippen LogP contribution is -2.60. The Labute approximate surface area is 213 Å². The molecule has 0 radical (unpaired) electrons. The minimum absolute atomic E-state index is 0.0107. The van der Waals surface area contributed by atoms with Gasteiger partial charge in [-0.2, -0.15) is 0 Å². The van der Waals surface area contributed by atoms with E-state index in [1.807, 2.05) is 0 Å². The third-order valence-electron chi connectivity index (χ3n) is 6.59. The molecular weight excluding hydrogens is 482 g/mol. The van der Waals surface area contributed by atoms with Crippen molar-refractivity contribution in [1.82, 2.24) is 9.80 Å². The summed E-state index contributed by atoms with van der Waals surface area (Å²) in [6.45, 7) is 0.354. The van der Waals surface area contributed by atoms with Gasteiger partial charge in [-0.05, 0) is 41.5 Å². The van der Waals surface area contributed by atoms with E-state index in [0.29, 0.717) is 33.1 Å². The van der Waals surface area contributed by atoms with Crippen LogP contribution in [0.2, 0.25) is 5.02 Å². The van der Waals surface area contributed by atoms with Gasteiger partial charge in [0, 0.05) is 23.7 Å². The van der Waals surface area contributed by atoms with Crippen molar-refractivity contribution < 1.29 is 24.2 Å². The number of hydrogen-bond acceptors (Lipinski definition) is 5. The van der Waals surface area contributed by atoms with Crippen LogP contribution in [0.25, 0.3) is 11.1 Å². The Morgan fingerprint density at radius 3 is 2.58 bits per heavy atom. The van der Waals surface area contributed by atoms with E-state index in [4.69, 9.17) is 16.3 Å². The second kappa shape index (κ2) is 9.64. The van der Waals surface area contributed by atoms with Crippen LogP contribution in [0.5, 0.6) is 5.75 Å². The summed E-state index contributed by atoms with van der Waals surface area (Å²) in [4.78, 5) is 42.6. The summed E-state index contributed by atoms with van der Waals surface area (Å²) < 4.78 is 5.46. The molecule has 2 atom stereocenters. The number of carbonyl (C=O) groups excluding carboxylic acids is 3. The lowest BCUT2D eigenvalue weighted by atomic mass is 10.00. The predicted molar refractivity (Wildman–Crippen MR) is 135 cm³/mol. The normalized spacial score (nSPS) is 18.0. The lowest BCUT2D eigenvalue weighted by Gasteiger charge is -2.40. The summed E-state index contributed by atoms with van der Waals surface area (Å²) in [6, 6.07) is 18.2. The highest BCUT2D eigenvalue weighted by Crippen LogP contribution is 2.36. The third-order valence-corrected chi connectivity index (χ3v) is 6.82. The van der Waals surface area contributed by atoms with Gasteiger partial charge in [-0.3, -0.25) is 14.4 Å². The van der Waals surface area contributed by atoms with Crippen LogP contribution in [0.1, 0.15) is 22.0 Å². The monoisotopic (exact) mass is 505 g/mol. The van der Waals surface area contributed by atoms with Gasteiger partial charge < -0.3 is 25.0 Å². The van der Waals surface area contributed by atoms with E-state index < -0.39 is 18.1 Å². The van der Waals surface area contributed by atoms with Crippen molar-refractivity contribution in [3.05, 3.63) is 82.9 Å². The van der Waals surface area contributed by atoms with Crippen molar-refractivity contribution in [3.8, 4) is 16.9 Å². The standard InChI is InChI=1S/C27H24ClN3O5/c1-36-23-10-8-18(28)14-19(23)17-7-9-21-20(13-17)26(34)31-12-11-30(15-22(31)25(33)29-21)27(35)24(32)16-5-3-2-4-6-16/h2-10,13-14,22,24,32H,11-12,15H2,1H3,(H,29,33)/t22-,24+/m1/s1. The molecule has 0 aromatic heterocycles. The van der Waals surface area contributed by atoms with Crippen LogP contribution in [-0.2, 0) is 9.59 Å². The van der Waals surface area contributed by atoms with Gasteiger partial charge in [-0.25, -0.2) is 0 Å². The highest BCUT2D eigenvalue weighted by Gasteiger charge is 2.41. The van der Waals surface area contributed by atoms with Crippen LogP contribution in [-0.4, -0.2) is 65.4 Å². The number of aliphatic hydroxyl groups is 1. The number of piperazine rings is 1. The molecule has 0 bridgehead atoms. The van der Waals surface area contributed by atoms with Crippen molar-refractivity contribution in [2.75, 3.05) is 32.1 Å². The minimum Gasteiger partial charge on any atom is -0.496 e. The fourth-order valence-corrected chi connectivity index (χ4v) is 4.85. The maximum atomic E-state index is 13.6. The molecule has 184 valence electrons. The molecule has 3 aromatic carbocycles. The second-order valence-corrected chi connectivity index (χ2v) is 9.14. The quantitative estimate of drug-likeness (QED) is 0.566. The number of hydrogen-bond donors (Lipinski definition) is 2. The fraction of sp³-hybridized carbons (Fsp3) is 0.222. The van der Waals surface area contributed by atoms with Crippen molar-refractivity contribution in [2.24, 2.45) is 0 Å². The van der Waals surface area contributed by atoms with Gasteiger partial charge >= 0.3 is 0 Å². The summed E-state index contributed by atoms with van der Waals surface area (Å²) in [5.41, 5.74) is 2.65. The summed E-state index contributed by atoms with van der Waals surface area (Å²) >= 11 is 6.19. The minimum atomic E-state index is -1.34. The largest absolute Gasteiger partial charge is 0.496 e. The number of methoxy groups -OCH3 is 1. The van der Waals surface area contributed by atoms with Crippen molar-refractivity contribution in [2.45, 2.75) is 12.1 Å². The molecule has 2 aliphatic heterocycles. The zero-order chi connectivity index (χ0) is 25.4. The molecule has 36 heavy (non-hydrogen) atoms. The number of halogens is 1. The van der Waals surface area contributed by atoms with Gasteiger partial charge in [0.1, 0.15) is 11.8 Å². The molecule has 2 aliphatic rings. The first-order valence-corrected chi connectivity index (χ1v) is 11.9. The molecule has 3 amide bonds. The Morgan fingerprint density at radius 1 is 1.06 bits per heavy atom. The van der Waals surface area contributed by atoms with Crippen molar-refractivity contribution in [1.29, 1.82) is 0 Å². The van der Waals surface area contributed by atoms with Gasteiger partial charge in [0.2, 0.25) is 5.91 Å². The van der Waals surface area contributed by atoms with Crippen LogP contribution in [0, 0.1) is 0 Å². The van der Waals surface area contributed by atoms with E-state index in [1.54, 1.807) is 73.8 Å². The predicted octanol–water partition coefficient (Wildman–Crippen LogP) is 3.35. The molecule has 8 nitrogen and oxygen atoms in total. The topological polar surface area (TPSA) is 99.2 Å². The second-order valence-electron chi connectivity index (χ2n) is 8.71. The Balaban J connectivity index is 1.42. The summed E-state index contributed by atoms with van der Waals surface area (Å²) in [6.07, 6.45) is -1.34. The van der Waals surface area contributed by atoms with Gasteiger partial charge in [-0.1, -0.05) is 48.0 Å². The molecule has 1 fully saturated rings. The number of nitrogens with zero attached hydrogens (tertiary/aromatic N) is 2. The van der Waals surface area contributed by atoms with Gasteiger partial charge in [-0.15, -0.1) is 0 Å². The van der Waals surface area contributed by atoms with E-state index in [2.05, 4.69) is 5.32 Å². The van der Waals surface area contributed by atoms with Crippen LogP contribution in [0.4, 0.5) is 5.69 Å². The molecule has 3 aromatic rings. The number of carbonyl (C=O) groups is 3. The maximum absolute atomic E-state index is 13.6. The first-order chi connectivity index (χ1) is 17.4. The number of ether oxygens (including phenoxy) is 1. The highest BCUT2D eigenvalue weighted by atomic mass is 35.5. The fourth-order valence-electron chi connectivity index (χ4n) is 4.68. The van der Waals surface area contributed by atoms with Crippen LogP contribution < -0.4 is 10.1 Å². The zero-order valence-corrected chi connectivity index (χ0v) is 20.2. The number of nitrogens with one attached hydrogen (secondary N) is 1. The Morgan fingerprint density at radius 2 is 1.83 bits per heavy atom. The highest BCUT2D eigenvalue weighted by molar-refractivity contribution is 6.31. The van der Waals surface area contributed by atoms with Crippen molar-refractivity contribution in [3.63, 3.8) is 0 Å². The zero-order valence-electron chi connectivity index (χ0n) is 19.5. The van der Waals surface area contributed by atoms with E-state index in [0.717, 1.165) is 5.56 Å². The molecule has 0 saturated carbocycles. The van der Waals surface area contributed by atoms with Gasteiger partial charge in [0.15, 0.2) is 6.10 Å². The van der Waals surface area contributed by atoms with E-state index in [-0.39, 0.29) is 31.4 Å². The van der Waals surface area contributed by atoms with Crippen molar-refractivity contribution >= 4 is 35.0 Å². The number of aliphatic hydroxyl groups excluding tert-OH is 1. The Kier molecular flexibility index (Phi) is 6.38. The average Bonchev–Trinajstić information content (AvgIpc) is 3.01. The number of rotatable bonds is 4. The molecule has 2 heterocycles. The first kappa shape index (κ1) is 23.8. The van der Waals surface area contributed by atoms with E-state index in [1.165, 1.54) is 9.80 Å². The smallest absolute Gasteiger partial charge is 0.256 e. The summed E-state index contributed by atoms with van der Waals surface area (Å²) in [5.74, 6) is -0.599. The van der Waals surface area contributed by atoms with Crippen LogP contribution >= 0.6 is 11.6 Å². The van der Waals surface area contributed by atoms with Gasteiger partial charge in [0.05, 0.1) is 24.9 Å². The molecule has 9 heteroatoms. The maximum Gasteiger partial charge on any atom is 0.256 e. The number of fused-ring (bicyclic) bond motifs is 2. The molecular formula is C27H24ClN3O5. The number of benzene rings is 3. The Hall–Kier alpha value is -3.88. The molecule has 0 unspecified atom stereocenters. The average molecular weight is 506 g/mol. The van der Waals surface area contributed by atoms with E-state index >= 15 is 0 Å². The summed E-state index contributed by atoms with van der Waals surface area (Å²) in [7, 11) is 1.56. The van der Waals surface area contributed by atoms with Crippen LogP contribution in [0.3, 0.4) is 0 Å². The van der Waals surface area contributed by atoms with E-state index in [9.17, 15) is 19.5 Å². The molecule has 0 aliphatic carbocycles. The lowest BCUT2D eigenvalue weighted by molar-refractivity contribution is -0.144. The third kappa shape index (κ3) is 4.29. The van der Waals surface area contributed by atoms with Crippen LogP contribution in [0.15, 0.2) is 66.7 Å².